The highest BCUT2D eigenvalue weighted by Crippen LogP contribution is 2.03. The topological polar surface area (TPSA) is 44.4 Å². The lowest BCUT2D eigenvalue weighted by Gasteiger charge is -2.10. The van der Waals surface area contributed by atoms with Crippen molar-refractivity contribution < 1.29 is 4.79 Å². The van der Waals surface area contributed by atoms with Crippen LogP contribution in [0.4, 0.5) is 10.5 Å². The van der Waals surface area contributed by atoms with E-state index in [1.54, 1.807) is 0 Å². The smallest absolute Gasteiger partial charge is 0.319 e. The predicted octanol–water partition coefficient (Wildman–Crippen LogP) is 2.15. The van der Waals surface area contributed by atoms with Gasteiger partial charge < -0.3 is 15.5 Å². The average molecular weight is 235 g/mol. The normalized spacial score (nSPS) is 10.3. The average Bonchev–Trinajstić information content (AvgIpc) is 2.29. The molecule has 0 atom stereocenters. The number of para-hydroxylation sites is 1. The summed E-state index contributed by atoms with van der Waals surface area (Å²) in [6.07, 6.45) is 2.10. The molecule has 4 heteroatoms. The lowest BCUT2D eigenvalue weighted by molar-refractivity contribution is 0.251. The number of urea groups is 1. The van der Waals surface area contributed by atoms with E-state index in [0.29, 0.717) is 6.54 Å². The van der Waals surface area contributed by atoms with E-state index in [4.69, 9.17) is 0 Å². The number of nitrogens with zero attached hydrogens (tertiary/aromatic N) is 1. The number of hydrogen-bond donors (Lipinski definition) is 2. The van der Waals surface area contributed by atoms with Crippen LogP contribution < -0.4 is 10.6 Å². The van der Waals surface area contributed by atoms with Gasteiger partial charge in [0.25, 0.3) is 0 Å². The first kappa shape index (κ1) is 13.5. The zero-order valence-corrected chi connectivity index (χ0v) is 10.6. The van der Waals surface area contributed by atoms with Crippen molar-refractivity contribution in [1.82, 2.24) is 10.2 Å². The van der Waals surface area contributed by atoms with Crippen molar-refractivity contribution in [2.75, 3.05) is 32.5 Å². The Bertz CT molecular complexity index is 325. The predicted molar refractivity (Wildman–Crippen MR) is 71.3 cm³/mol. The number of benzene rings is 1. The summed E-state index contributed by atoms with van der Waals surface area (Å²) in [7, 11) is 4.10. The van der Waals surface area contributed by atoms with Gasteiger partial charge in [0.05, 0.1) is 0 Å². The molecule has 4 nitrogen and oxygen atoms in total. The highest BCUT2D eigenvalue weighted by Gasteiger charge is 1.99. The fraction of sp³-hybridized carbons (Fsp3) is 0.462. The van der Waals surface area contributed by atoms with E-state index in [1.165, 1.54) is 0 Å². The van der Waals surface area contributed by atoms with Gasteiger partial charge in [-0.25, -0.2) is 4.79 Å². The molecule has 0 bridgehead atoms. The van der Waals surface area contributed by atoms with Crippen molar-refractivity contribution in [3.8, 4) is 0 Å². The van der Waals surface area contributed by atoms with Crippen LogP contribution in [0, 0.1) is 0 Å². The number of amides is 2. The maximum Gasteiger partial charge on any atom is 0.319 e. The summed E-state index contributed by atoms with van der Waals surface area (Å²) < 4.78 is 0. The maximum absolute atomic E-state index is 11.5. The van der Waals surface area contributed by atoms with Crippen LogP contribution in [0.3, 0.4) is 0 Å². The van der Waals surface area contributed by atoms with Crippen molar-refractivity contribution in [2.24, 2.45) is 0 Å². The van der Waals surface area contributed by atoms with Gasteiger partial charge >= 0.3 is 6.03 Å². The molecule has 1 aromatic rings. The molecule has 0 saturated carbocycles. The monoisotopic (exact) mass is 235 g/mol. The Balaban J connectivity index is 2.10. The fourth-order valence-corrected chi connectivity index (χ4v) is 1.45. The number of anilines is 1. The third-order valence-electron chi connectivity index (χ3n) is 2.35. The second-order valence-electron chi connectivity index (χ2n) is 4.26. The molecule has 0 spiro atoms. The lowest BCUT2D eigenvalue weighted by Crippen LogP contribution is -2.29. The van der Waals surface area contributed by atoms with Gasteiger partial charge in [0.2, 0.25) is 0 Å². The molecule has 1 aromatic carbocycles. The molecule has 0 aliphatic heterocycles. The number of rotatable bonds is 6. The van der Waals surface area contributed by atoms with Crippen molar-refractivity contribution in [2.45, 2.75) is 12.8 Å². The molecule has 0 aliphatic rings. The van der Waals surface area contributed by atoms with Crippen LogP contribution in [-0.2, 0) is 0 Å². The zero-order chi connectivity index (χ0) is 12.5. The van der Waals surface area contributed by atoms with E-state index >= 15 is 0 Å². The van der Waals surface area contributed by atoms with Crippen LogP contribution in [0.1, 0.15) is 12.8 Å². The van der Waals surface area contributed by atoms with E-state index in [1.807, 2.05) is 30.3 Å². The molecule has 0 radical (unpaired) electrons. The first-order chi connectivity index (χ1) is 8.18. The van der Waals surface area contributed by atoms with Crippen molar-refractivity contribution >= 4 is 11.7 Å². The van der Waals surface area contributed by atoms with Gasteiger partial charge in [-0.15, -0.1) is 0 Å². The summed E-state index contributed by atoms with van der Waals surface area (Å²) in [6.45, 7) is 1.77. The Kier molecular flexibility index (Phi) is 6.10. The zero-order valence-electron chi connectivity index (χ0n) is 10.6. The SMILES string of the molecule is CN(C)CCCCNC(=O)Nc1ccccc1. The molecule has 2 N–H and O–H groups in total. The molecule has 0 unspecified atom stereocenters. The number of unbranched alkanes of at least 4 members (excludes halogenated alkanes) is 1. The lowest BCUT2D eigenvalue weighted by atomic mass is 10.3. The van der Waals surface area contributed by atoms with Crippen LogP contribution in [0.2, 0.25) is 0 Å². The van der Waals surface area contributed by atoms with E-state index in [9.17, 15) is 4.79 Å². The van der Waals surface area contributed by atoms with Crippen molar-refractivity contribution in [3.63, 3.8) is 0 Å². The Hall–Kier alpha value is -1.55. The van der Waals surface area contributed by atoms with E-state index in [0.717, 1.165) is 25.1 Å². The second kappa shape index (κ2) is 7.68. The van der Waals surface area contributed by atoms with Gasteiger partial charge in [0.1, 0.15) is 0 Å². The van der Waals surface area contributed by atoms with Gasteiger partial charge in [0, 0.05) is 12.2 Å². The summed E-state index contributed by atoms with van der Waals surface area (Å²) in [6, 6.07) is 9.31. The number of hydrogen-bond acceptors (Lipinski definition) is 2. The van der Waals surface area contributed by atoms with Crippen LogP contribution >= 0.6 is 0 Å². The summed E-state index contributed by atoms with van der Waals surface area (Å²) in [5.41, 5.74) is 0.818. The van der Waals surface area contributed by atoms with Crippen LogP contribution in [0.5, 0.6) is 0 Å². The van der Waals surface area contributed by atoms with Crippen LogP contribution in [-0.4, -0.2) is 38.1 Å². The summed E-state index contributed by atoms with van der Waals surface area (Å²) in [5.74, 6) is 0. The first-order valence-electron chi connectivity index (χ1n) is 5.93. The molecule has 2 amide bonds. The molecule has 17 heavy (non-hydrogen) atoms. The molecule has 0 saturated heterocycles. The van der Waals surface area contributed by atoms with Crippen molar-refractivity contribution in [1.29, 1.82) is 0 Å². The molecule has 0 aromatic heterocycles. The minimum absolute atomic E-state index is 0.138. The van der Waals surface area contributed by atoms with Crippen LogP contribution in [0.15, 0.2) is 30.3 Å². The number of nitrogens with one attached hydrogen (secondary N) is 2. The van der Waals surface area contributed by atoms with Gasteiger partial charge in [0.15, 0.2) is 0 Å². The third kappa shape index (κ3) is 6.58. The minimum atomic E-state index is -0.138. The van der Waals surface area contributed by atoms with E-state index in [-0.39, 0.29) is 6.03 Å². The molecular weight excluding hydrogens is 214 g/mol. The fourth-order valence-electron chi connectivity index (χ4n) is 1.45. The minimum Gasteiger partial charge on any atom is -0.338 e. The second-order valence-corrected chi connectivity index (χ2v) is 4.26. The standard InChI is InChI=1S/C13H21N3O/c1-16(2)11-7-6-10-14-13(17)15-12-8-4-3-5-9-12/h3-5,8-9H,6-7,10-11H2,1-2H3,(H2,14,15,17). The van der Waals surface area contributed by atoms with E-state index in [2.05, 4.69) is 29.6 Å². The Morgan fingerprint density at radius 1 is 1.18 bits per heavy atom. The Morgan fingerprint density at radius 2 is 1.88 bits per heavy atom. The number of carbonyl (C=O) groups excluding carboxylic acids is 1. The molecule has 1 rings (SSSR count). The summed E-state index contributed by atoms with van der Waals surface area (Å²) in [4.78, 5) is 13.6. The van der Waals surface area contributed by atoms with Gasteiger partial charge in [-0.2, -0.15) is 0 Å². The Labute approximate surface area is 103 Å². The molecule has 94 valence electrons. The summed E-state index contributed by atoms with van der Waals surface area (Å²) in [5, 5.41) is 5.62. The maximum atomic E-state index is 11.5. The van der Waals surface area contributed by atoms with E-state index < -0.39 is 0 Å². The highest BCUT2D eigenvalue weighted by atomic mass is 16.2. The van der Waals surface area contributed by atoms with Gasteiger partial charge in [-0.05, 0) is 45.6 Å². The van der Waals surface area contributed by atoms with Crippen LogP contribution in [0.25, 0.3) is 0 Å². The first-order valence-corrected chi connectivity index (χ1v) is 5.93. The van der Waals surface area contributed by atoms with Crippen molar-refractivity contribution in [3.05, 3.63) is 30.3 Å². The summed E-state index contributed by atoms with van der Waals surface area (Å²) >= 11 is 0. The largest absolute Gasteiger partial charge is 0.338 e. The third-order valence-corrected chi connectivity index (χ3v) is 2.35. The number of carbonyl (C=O) groups is 1. The van der Waals surface area contributed by atoms with Gasteiger partial charge in [-0.3, -0.25) is 0 Å². The highest BCUT2D eigenvalue weighted by molar-refractivity contribution is 5.89. The molecule has 0 aliphatic carbocycles. The van der Waals surface area contributed by atoms with Gasteiger partial charge in [-0.1, -0.05) is 18.2 Å². The molecule has 0 heterocycles. The quantitative estimate of drug-likeness (QED) is 0.742. The Morgan fingerprint density at radius 3 is 2.53 bits per heavy atom. The molecule has 0 fully saturated rings. The molecular formula is C13H21N3O.